The summed E-state index contributed by atoms with van der Waals surface area (Å²) in [5.41, 5.74) is 3.20. The van der Waals surface area contributed by atoms with Gasteiger partial charge >= 0.3 is 0 Å². The lowest BCUT2D eigenvalue weighted by molar-refractivity contribution is 0.295. The summed E-state index contributed by atoms with van der Waals surface area (Å²) in [6, 6.07) is 16.0. The molecule has 150 valence electrons. The van der Waals surface area contributed by atoms with Crippen LogP contribution < -0.4 is 14.4 Å². The van der Waals surface area contributed by atoms with Crippen molar-refractivity contribution in [2.45, 2.75) is 13.0 Å². The topological polar surface area (TPSA) is 34.1 Å². The van der Waals surface area contributed by atoms with Crippen LogP contribution in [-0.2, 0) is 6.54 Å². The molecule has 0 fully saturated rings. The first-order valence-electron chi connectivity index (χ1n) is 9.24. The van der Waals surface area contributed by atoms with Gasteiger partial charge in [-0.05, 0) is 42.3 Å². The number of ether oxygens (including phenoxy) is 2. The molecule has 4 rings (SSSR count). The van der Waals surface area contributed by atoms with Gasteiger partial charge in [0.2, 0.25) is 0 Å². The zero-order valence-electron chi connectivity index (χ0n) is 15.9. The van der Waals surface area contributed by atoms with Crippen molar-refractivity contribution >= 4 is 56.6 Å². The zero-order chi connectivity index (χ0) is 20.2. The van der Waals surface area contributed by atoms with Crippen molar-refractivity contribution in [2.24, 2.45) is 4.99 Å². The highest BCUT2D eigenvalue weighted by atomic mass is 79.9. The summed E-state index contributed by atoms with van der Waals surface area (Å²) >= 11 is 11.2. The van der Waals surface area contributed by atoms with Crippen molar-refractivity contribution < 1.29 is 9.47 Å². The Morgan fingerprint density at radius 1 is 1.14 bits per heavy atom. The maximum absolute atomic E-state index is 6.01. The Bertz CT molecular complexity index is 1020. The summed E-state index contributed by atoms with van der Waals surface area (Å²) in [6.45, 7) is 1.42. The Kier molecular flexibility index (Phi) is 6.43. The first kappa shape index (κ1) is 20.3. The molecule has 3 aromatic rings. The molecule has 0 saturated carbocycles. The lowest BCUT2D eigenvalue weighted by atomic mass is 10.2. The van der Waals surface area contributed by atoms with Gasteiger partial charge in [0.1, 0.15) is 0 Å². The molecular weight excluding hydrogens is 472 g/mol. The average molecular weight is 492 g/mol. The Balaban J connectivity index is 1.53. The Labute approximate surface area is 187 Å². The van der Waals surface area contributed by atoms with E-state index in [1.807, 2.05) is 48.8 Å². The van der Waals surface area contributed by atoms with Crippen molar-refractivity contribution in [1.29, 1.82) is 0 Å². The molecular formula is C22H20BrClN2O2S. The van der Waals surface area contributed by atoms with Crippen LogP contribution in [-0.4, -0.2) is 25.4 Å². The van der Waals surface area contributed by atoms with Gasteiger partial charge in [-0.2, -0.15) is 0 Å². The van der Waals surface area contributed by atoms with E-state index < -0.39 is 0 Å². The average Bonchev–Trinajstić information content (AvgIpc) is 3.18. The number of aliphatic imine (C=N–C) groups is 1. The second kappa shape index (κ2) is 9.20. The lowest BCUT2D eigenvalue weighted by Gasteiger charge is -2.23. The smallest absolute Gasteiger partial charge is 0.162 e. The van der Waals surface area contributed by atoms with Crippen LogP contribution in [0, 0.1) is 0 Å². The number of rotatable bonds is 7. The van der Waals surface area contributed by atoms with Crippen LogP contribution in [0.1, 0.15) is 11.3 Å². The van der Waals surface area contributed by atoms with Crippen molar-refractivity contribution in [2.75, 3.05) is 23.9 Å². The Morgan fingerprint density at radius 2 is 1.97 bits per heavy atom. The first-order valence-corrected chi connectivity index (χ1v) is 11.6. The van der Waals surface area contributed by atoms with Crippen molar-refractivity contribution in [3.63, 3.8) is 0 Å². The van der Waals surface area contributed by atoms with Gasteiger partial charge in [0.25, 0.3) is 0 Å². The molecule has 0 radical (unpaired) electrons. The van der Waals surface area contributed by atoms with Crippen molar-refractivity contribution in [1.82, 2.24) is 0 Å². The fourth-order valence-corrected chi connectivity index (χ4v) is 4.54. The molecule has 0 aliphatic carbocycles. The Hall–Kier alpha value is -2.02. The lowest BCUT2D eigenvalue weighted by Crippen LogP contribution is -2.22. The minimum atomic E-state index is 0.651. The predicted octanol–water partition coefficient (Wildman–Crippen LogP) is 6.92. The summed E-state index contributed by atoms with van der Waals surface area (Å²) in [7, 11) is 1.66. The largest absolute Gasteiger partial charge is 0.493 e. The summed E-state index contributed by atoms with van der Waals surface area (Å²) in [4.78, 5) is 9.21. The fourth-order valence-electron chi connectivity index (χ4n) is 3.07. The van der Waals surface area contributed by atoms with Gasteiger partial charge in [-0.3, -0.25) is 0 Å². The molecule has 1 aromatic heterocycles. The second-order valence-corrected chi connectivity index (χ2v) is 8.89. The molecule has 0 amide bonds. The number of alkyl halides is 1. The molecule has 4 nitrogen and oxygen atoms in total. The van der Waals surface area contributed by atoms with Crippen LogP contribution in [0.25, 0.3) is 10.4 Å². The highest BCUT2D eigenvalue weighted by Crippen LogP contribution is 2.40. The van der Waals surface area contributed by atoms with E-state index in [9.17, 15) is 0 Å². The van der Waals surface area contributed by atoms with Gasteiger partial charge in [-0.15, -0.1) is 11.3 Å². The third-order valence-corrected chi connectivity index (χ3v) is 6.55. The molecule has 29 heavy (non-hydrogen) atoms. The maximum atomic E-state index is 6.01. The fraction of sp³-hybridized carbons (Fsp3) is 0.227. The van der Waals surface area contributed by atoms with Gasteiger partial charge in [0.15, 0.2) is 11.5 Å². The highest BCUT2D eigenvalue weighted by molar-refractivity contribution is 9.09. The summed E-state index contributed by atoms with van der Waals surface area (Å²) < 4.78 is 11.3. The second-order valence-electron chi connectivity index (χ2n) is 6.52. The number of hydrogen-bond acceptors (Lipinski definition) is 5. The molecule has 1 aliphatic rings. The SMILES string of the molecule is COc1cc(N2C=Nc3cc(-c4ccc(Cl)cc4)sc3C2)ccc1OCCCBr. The minimum Gasteiger partial charge on any atom is -0.493 e. The summed E-state index contributed by atoms with van der Waals surface area (Å²) in [5, 5.41) is 1.66. The number of fused-ring (bicyclic) bond motifs is 1. The van der Waals surface area contributed by atoms with Crippen LogP contribution in [0.4, 0.5) is 11.4 Å². The number of halogens is 2. The monoisotopic (exact) mass is 490 g/mol. The molecule has 0 bridgehead atoms. The van der Waals surface area contributed by atoms with Crippen LogP contribution in [0.2, 0.25) is 5.02 Å². The first-order chi connectivity index (χ1) is 14.2. The number of thiophene rings is 1. The van der Waals surface area contributed by atoms with E-state index in [2.05, 4.69) is 31.9 Å². The molecule has 1 aliphatic heterocycles. The number of anilines is 1. The molecule has 2 aromatic carbocycles. The molecule has 0 N–H and O–H groups in total. The number of methoxy groups -OCH3 is 1. The summed E-state index contributed by atoms with van der Waals surface area (Å²) in [5.74, 6) is 1.48. The van der Waals surface area contributed by atoms with E-state index in [-0.39, 0.29) is 0 Å². The van der Waals surface area contributed by atoms with Crippen LogP contribution in [0.15, 0.2) is 53.5 Å². The molecule has 2 heterocycles. The third kappa shape index (κ3) is 4.60. The van der Waals surface area contributed by atoms with E-state index in [4.69, 9.17) is 21.1 Å². The highest BCUT2D eigenvalue weighted by Gasteiger charge is 2.19. The number of benzene rings is 2. The van der Waals surface area contributed by atoms with Crippen LogP contribution in [0.3, 0.4) is 0 Å². The van der Waals surface area contributed by atoms with Gasteiger partial charge in [-0.25, -0.2) is 4.99 Å². The van der Waals surface area contributed by atoms with Crippen molar-refractivity contribution in [3.05, 3.63) is 58.4 Å². The Morgan fingerprint density at radius 3 is 2.72 bits per heavy atom. The van der Waals surface area contributed by atoms with Gasteiger partial charge in [0.05, 0.1) is 37.2 Å². The summed E-state index contributed by atoms with van der Waals surface area (Å²) in [6.07, 6.45) is 2.82. The molecule has 0 spiro atoms. The molecule has 0 unspecified atom stereocenters. The third-order valence-electron chi connectivity index (χ3n) is 4.58. The van der Waals surface area contributed by atoms with Gasteiger partial charge in [0, 0.05) is 27.0 Å². The molecule has 0 atom stereocenters. The van der Waals surface area contributed by atoms with Gasteiger partial charge < -0.3 is 14.4 Å². The van der Waals surface area contributed by atoms with E-state index in [0.29, 0.717) is 6.61 Å². The quantitative estimate of drug-likeness (QED) is 0.266. The zero-order valence-corrected chi connectivity index (χ0v) is 19.1. The van der Waals surface area contributed by atoms with E-state index in [0.717, 1.165) is 51.8 Å². The molecule has 7 heteroatoms. The van der Waals surface area contributed by atoms with Crippen LogP contribution in [0.5, 0.6) is 11.5 Å². The molecule has 0 saturated heterocycles. The van der Waals surface area contributed by atoms with Gasteiger partial charge in [-0.1, -0.05) is 39.7 Å². The predicted molar refractivity (Wildman–Crippen MR) is 126 cm³/mol. The minimum absolute atomic E-state index is 0.651. The number of nitrogens with zero attached hydrogens (tertiary/aromatic N) is 2. The standard InChI is InChI=1S/C22H20BrClN2O2S/c1-27-20-11-17(7-8-19(20)28-10-2-9-23)26-13-22-18(25-14-26)12-21(29-22)15-3-5-16(24)6-4-15/h3-8,11-12,14H,2,9-10,13H2,1H3. The van der Waals surface area contributed by atoms with E-state index in [1.54, 1.807) is 18.4 Å². The van der Waals surface area contributed by atoms with Crippen molar-refractivity contribution in [3.8, 4) is 21.9 Å². The van der Waals surface area contributed by atoms with E-state index in [1.165, 1.54) is 9.75 Å². The van der Waals surface area contributed by atoms with E-state index >= 15 is 0 Å². The maximum Gasteiger partial charge on any atom is 0.162 e. The number of hydrogen-bond donors (Lipinski definition) is 0. The van der Waals surface area contributed by atoms with Crippen LogP contribution >= 0.6 is 38.9 Å². The normalized spacial score (nSPS) is 12.7.